The third kappa shape index (κ3) is 3.11. The van der Waals surface area contributed by atoms with Gasteiger partial charge in [0.25, 0.3) is 0 Å². The van der Waals surface area contributed by atoms with Gasteiger partial charge in [-0.1, -0.05) is 109 Å². The van der Waals surface area contributed by atoms with Crippen molar-refractivity contribution in [1.82, 2.24) is 0 Å². The van der Waals surface area contributed by atoms with Crippen LogP contribution in [0.2, 0.25) is 0 Å². The Bertz CT molecular complexity index is 2260. The summed E-state index contributed by atoms with van der Waals surface area (Å²) in [5.41, 5.74) is 8.04. The number of hydrogen-bond acceptors (Lipinski definition) is 2. The first-order valence-corrected chi connectivity index (χ1v) is 13.6. The van der Waals surface area contributed by atoms with Crippen LogP contribution in [0.5, 0.6) is 0 Å². The highest BCUT2D eigenvalue weighted by atomic mass is 16.3. The molecule has 9 rings (SSSR count). The van der Waals surface area contributed by atoms with Crippen molar-refractivity contribution in [2.45, 2.75) is 0 Å². The van der Waals surface area contributed by atoms with Gasteiger partial charge in [0.1, 0.15) is 22.3 Å². The summed E-state index contributed by atoms with van der Waals surface area (Å²) in [6.45, 7) is 0. The Labute approximate surface area is 229 Å². The van der Waals surface area contributed by atoms with Gasteiger partial charge in [-0.25, -0.2) is 0 Å². The highest BCUT2D eigenvalue weighted by Crippen LogP contribution is 2.42. The molecule has 0 fully saturated rings. The van der Waals surface area contributed by atoms with Gasteiger partial charge in [0.15, 0.2) is 0 Å². The van der Waals surface area contributed by atoms with Crippen molar-refractivity contribution >= 4 is 65.4 Å². The average Bonchev–Trinajstić information content (AvgIpc) is 3.56. The van der Waals surface area contributed by atoms with Gasteiger partial charge in [0.05, 0.1) is 0 Å². The molecular weight excluding hydrogens is 488 g/mol. The monoisotopic (exact) mass is 510 g/mol. The third-order valence-electron chi connectivity index (χ3n) is 8.24. The van der Waals surface area contributed by atoms with Crippen LogP contribution in [-0.4, -0.2) is 0 Å². The SMILES string of the molecule is c1ccc2cc(-c3cccc4c3oc3cc5c(cc34)oc3c(-c4ccc6ccccc6c4)cccc35)ccc2c1. The zero-order valence-electron chi connectivity index (χ0n) is 21.5. The lowest BCUT2D eigenvalue weighted by molar-refractivity contribution is 0.665. The van der Waals surface area contributed by atoms with Crippen molar-refractivity contribution in [3.8, 4) is 22.3 Å². The molecule has 0 aliphatic carbocycles. The first-order valence-electron chi connectivity index (χ1n) is 13.6. The summed E-state index contributed by atoms with van der Waals surface area (Å²) in [6, 6.07) is 47.2. The Hall–Kier alpha value is -5.34. The van der Waals surface area contributed by atoms with Gasteiger partial charge in [-0.05, 0) is 56.9 Å². The largest absolute Gasteiger partial charge is 0.455 e. The lowest BCUT2D eigenvalue weighted by atomic mass is 9.98. The summed E-state index contributed by atoms with van der Waals surface area (Å²) in [6.07, 6.45) is 0. The van der Waals surface area contributed by atoms with Gasteiger partial charge in [-0.3, -0.25) is 0 Å². The second-order valence-electron chi connectivity index (χ2n) is 10.5. The van der Waals surface area contributed by atoms with E-state index < -0.39 is 0 Å². The summed E-state index contributed by atoms with van der Waals surface area (Å²) in [4.78, 5) is 0. The summed E-state index contributed by atoms with van der Waals surface area (Å²) in [5, 5.41) is 9.23. The molecular formula is C38H22O2. The molecule has 2 heteroatoms. The molecule has 0 saturated carbocycles. The fraction of sp³-hybridized carbons (Fsp3) is 0. The Morgan fingerprint density at radius 2 is 0.775 bits per heavy atom. The van der Waals surface area contributed by atoms with Crippen LogP contribution in [0.4, 0.5) is 0 Å². The van der Waals surface area contributed by atoms with Crippen LogP contribution in [0.25, 0.3) is 87.7 Å². The number of fused-ring (bicyclic) bond motifs is 8. The second-order valence-corrected chi connectivity index (χ2v) is 10.5. The first-order chi connectivity index (χ1) is 19.8. The second kappa shape index (κ2) is 8.08. The molecule has 0 aliphatic rings. The van der Waals surface area contributed by atoms with Gasteiger partial charge in [0, 0.05) is 32.7 Å². The number of benzene rings is 7. The number of hydrogen-bond donors (Lipinski definition) is 0. The van der Waals surface area contributed by atoms with Crippen LogP contribution in [0.1, 0.15) is 0 Å². The Balaban J connectivity index is 1.25. The van der Waals surface area contributed by atoms with Crippen LogP contribution >= 0.6 is 0 Å². The number of furan rings is 2. The highest BCUT2D eigenvalue weighted by Gasteiger charge is 2.18. The topological polar surface area (TPSA) is 26.3 Å². The van der Waals surface area contributed by atoms with E-state index in [9.17, 15) is 0 Å². The van der Waals surface area contributed by atoms with E-state index in [2.05, 4.69) is 133 Å². The fourth-order valence-corrected chi connectivity index (χ4v) is 6.26. The third-order valence-corrected chi connectivity index (χ3v) is 8.24. The van der Waals surface area contributed by atoms with E-state index in [1.54, 1.807) is 0 Å². The van der Waals surface area contributed by atoms with Crippen LogP contribution < -0.4 is 0 Å². The maximum atomic E-state index is 6.60. The lowest BCUT2D eigenvalue weighted by Crippen LogP contribution is -1.80. The van der Waals surface area contributed by atoms with E-state index in [0.29, 0.717) is 0 Å². The molecule has 0 saturated heterocycles. The summed E-state index contributed by atoms with van der Waals surface area (Å²) >= 11 is 0. The summed E-state index contributed by atoms with van der Waals surface area (Å²) in [5.74, 6) is 0. The van der Waals surface area contributed by atoms with E-state index in [1.807, 2.05) is 0 Å². The van der Waals surface area contributed by atoms with Gasteiger partial charge in [-0.15, -0.1) is 0 Å². The van der Waals surface area contributed by atoms with E-state index >= 15 is 0 Å². The van der Waals surface area contributed by atoms with Crippen molar-refractivity contribution in [2.75, 3.05) is 0 Å². The zero-order valence-corrected chi connectivity index (χ0v) is 21.5. The lowest BCUT2D eigenvalue weighted by Gasteiger charge is -2.05. The molecule has 9 aromatic rings. The minimum absolute atomic E-state index is 0.870. The van der Waals surface area contributed by atoms with Gasteiger partial charge < -0.3 is 8.83 Å². The molecule has 2 aromatic heterocycles. The van der Waals surface area contributed by atoms with E-state index in [0.717, 1.165) is 66.1 Å². The Kier molecular flexibility index (Phi) is 4.36. The Morgan fingerprint density at radius 1 is 0.325 bits per heavy atom. The smallest absolute Gasteiger partial charge is 0.143 e. The molecule has 2 nitrogen and oxygen atoms in total. The van der Waals surface area contributed by atoms with Crippen molar-refractivity contribution < 1.29 is 8.83 Å². The quantitative estimate of drug-likeness (QED) is 0.231. The zero-order chi connectivity index (χ0) is 26.2. The predicted molar refractivity (Wildman–Crippen MR) is 167 cm³/mol. The minimum Gasteiger partial charge on any atom is -0.455 e. The van der Waals surface area contributed by atoms with Crippen molar-refractivity contribution in [2.24, 2.45) is 0 Å². The molecule has 0 spiro atoms. The molecule has 40 heavy (non-hydrogen) atoms. The first kappa shape index (κ1) is 21.6. The van der Waals surface area contributed by atoms with Crippen molar-refractivity contribution in [3.05, 3.63) is 133 Å². The average molecular weight is 511 g/mol. The van der Waals surface area contributed by atoms with Crippen LogP contribution in [0.3, 0.4) is 0 Å². The number of rotatable bonds is 2. The molecule has 0 radical (unpaired) electrons. The minimum atomic E-state index is 0.870. The predicted octanol–water partition coefficient (Wildman–Crippen LogP) is 11.1. The molecule has 186 valence electrons. The molecule has 0 N–H and O–H groups in total. The standard InChI is InChI=1S/C38H22O2/c1-3-9-25-19-27(17-15-23(25)7-1)29-11-5-13-31-33-21-36-34(22-35(33)39-37(29)31)32-14-6-12-30(38(32)40-36)28-18-16-24-8-2-4-10-26(24)20-28/h1-22H. The van der Waals surface area contributed by atoms with Gasteiger partial charge >= 0.3 is 0 Å². The van der Waals surface area contributed by atoms with E-state index in [4.69, 9.17) is 8.83 Å². The highest BCUT2D eigenvalue weighted by molar-refractivity contribution is 6.18. The molecule has 2 heterocycles. The van der Waals surface area contributed by atoms with Gasteiger partial charge in [0.2, 0.25) is 0 Å². The molecule has 0 amide bonds. The van der Waals surface area contributed by atoms with E-state index in [-0.39, 0.29) is 0 Å². The molecule has 0 atom stereocenters. The number of para-hydroxylation sites is 2. The summed E-state index contributed by atoms with van der Waals surface area (Å²) < 4.78 is 13.2. The Morgan fingerprint density at radius 3 is 1.25 bits per heavy atom. The maximum Gasteiger partial charge on any atom is 0.143 e. The molecule has 0 bridgehead atoms. The normalized spacial score (nSPS) is 12.0. The van der Waals surface area contributed by atoms with Crippen LogP contribution in [-0.2, 0) is 0 Å². The fourth-order valence-electron chi connectivity index (χ4n) is 6.26. The van der Waals surface area contributed by atoms with Crippen molar-refractivity contribution in [3.63, 3.8) is 0 Å². The van der Waals surface area contributed by atoms with Crippen LogP contribution in [0, 0.1) is 0 Å². The maximum absolute atomic E-state index is 6.60. The summed E-state index contributed by atoms with van der Waals surface area (Å²) in [7, 11) is 0. The van der Waals surface area contributed by atoms with Crippen LogP contribution in [0.15, 0.2) is 142 Å². The molecule has 0 unspecified atom stereocenters. The van der Waals surface area contributed by atoms with Gasteiger partial charge in [-0.2, -0.15) is 0 Å². The molecule has 7 aromatic carbocycles. The van der Waals surface area contributed by atoms with Crippen molar-refractivity contribution in [1.29, 1.82) is 0 Å². The van der Waals surface area contributed by atoms with E-state index in [1.165, 1.54) is 21.5 Å². The molecule has 0 aliphatic heterocycles.